The van der Waals surface area contributed by atoms with Crippen molar-refractivity contribution in [3.8, 4) is 0 Å². The lowest BCUT2D eigenvalue weighted by atomic mass is 9.89. The van der Waals surface area contributed by atoms with Gasteiger partial charge in [0.15, 0.2) is 4.77 Å². The van der Waals surface area contributed by atoms with Gasteiger partial charge in [-0.2, -0.15) is 0 Å². The highest BCUT2D eigenvalue weighted by Crippen LogP contribution is 2.35. The standard InChI is InChI=1S/C19H19FN2OS2/c1-11-2-7-14-15(10-11)25-17-16(14)18(23)22(19(24)21-17)9-8-12-3-5-13(20)6-4-12/h3-6,11H,2,7-10H2,1H3,(H,21,24)/t11-/m0/s1. The minimum atomic E-state index is -0.251. The molecular formula is C19H19FN2OS2. The Bertz CT molecular complexity index is 1050. The first-order chi connectivity index (χ1) is 12.0. The molecule has 1 atom stereocenters. The van der Waals surface area contributed by atoms with E-state index < -0.39 is 0 Å². The number of H-pyrrole nitrogens is 1. The Morgan fingerprint density at radius 3 is 2.88 bits per heavy atom. The SMILES string of the molecule is C[C@H]1CCc2c(sc3[nH]c(=S)n(CCc4ccc(F)cc4)c(=O)c23)C1. The largest absolute Gasteiger partial charge is 0.323 e. The van der Waals surface area contributed by atoms with Crippen molar-refractivity contribution in [1.29, 1.82) is 0 Å². The van der Waals surface area contributed by atoms with Crippen LogP contribution in [0.1, 0.15) is 29.3 Å². The molecule has 6 heteroatoms. The predicted octanol–water partition coefficient (Wildman–Crippen LogP) is 4.63. The molecule has 1 aromatic carbocycles. The van der Waals surface area contributed by atoms with Crippen LogP contribution in [-0.4, -0.2) is 9.55 Å². The molecule has 0 spiro atoms. The lowest BCUT2D eigenvalue weighted by molar-refractivity contribution is 0.509. The van der Waals surface area contributed by atoms with Crippen LogP contribution in [0.3, 0.4) is 0 Å². The van der Waals surface area contributed by atoms with E-state index in [1.807, 2.05) is 0 Å². The first kappa shape index (κ1) is 16.7. The van der Waals surface area contributed by atoms with E-state index in [1.165, 1.54) is 22.6 Å². The summed E-state index contributed by atoms with van der Waals surface area (Å²) in [4.78, 5) is 18.6. The van der Waals surface area contributed by atoms with Gasteiger partial charge in [0.05, 0.1) is 5.39 Å². The molecule has 130 valence electrons. The molecule has 0 amide bonds. The van der Waals surface area contributed by atoms with Crippen molar-refractivity contribution in [2.24, 2.45) is 5.92 Å². The second kappa shape index (κ2) is 6.50. The summed E-state index contributed by atoms with van der Waals surface area (Å²) in [6.45, 7) is 2.76. The number of aromatic nitrogens is 2. The van der Waals surface area contributed by atoms with Gasteiger partial charge in [0.25, 0.3) is 5.56 Å². The van der Waals surface area contributed by atoms with Gasteiger partial charge in [-0.1, -0.05) is 19.1 Å². The van der Waals surface area contributed by atoms with Gasteiger partial charge in [-0.15, -0.1) is 11.3 Å². The average molecular weight is 375 g/mol. The van der Waals surface area contributed by atoms with Gasteiger partial charge in [-0.25, -0.2) is 4.39 Å². The van der Waals surface area contributed by atoms with Gasteiger partial charge in [-0.05, 0) is 67.1 Å². The topological polar surface area (TPSA) is 37.8 Å². The van der Waals surface area contributed by atoms with Crippen molar-refractivity contribution in [1.82, 2.24) is 9.55 Å². The molecule has 4 rings (SSSR count). The Labute approximate surface area is 154 Å². The fourth-order valence-corrected chi connectivity index (χ4v) is 5.29. The first-order valence-electron chi connectivity index (χ1n) is 8.54. The molecule has 0 radical (unpaired) electrons. The van der Waals surface area contributed by atoms with Gasteiger partial charge in [0.1, 0.15) is 10.6 Å². The molecule has 0 bridgehead atoms. The lowest BCUT2D eigenvalue weighted by Crippen LogP contribution is -2.24. The third-order valence-corrected chi connectivity index (χ3v) is 6.47. The van der Waals surface area contributed by atoms with Crippen LogP contribution in [0, 0.1) is 16.5 Å². The zero-order valence-electron chi connectivity index (χ0n) is 14.0. The van der Waals surface area contributed by atoms with Crippen LogP contribution in [0.15, 0.2) is 29.1 Å². The second-order valence-electron chi connectivity index (χ2n) is 6.82. The number of benzene rings is 1. The highest BCUT2D eigenvalue weighted by atomic mass is 32.1. The summed E-state index contributed by atoms with van der Waals surface area (Å²) < 4.78 is 15.1. The van der Waals surface area contributed by atoms with Crippen LogP contribution in [0.4, 0.5) is 4.39 Å². The number of thiophene rings is 1. The van der Waals surface area contributed by atoms with Crippen molar-refractivity contribution in [3.63, 3.8) is 0 Å². The van der Waals surface area contributed by atoms with E-state index in [1.54, 1.807) is 28.0 Å². The molecule has 1 aliphatic rings. The Morgan fingerprint density at radius 2 is 2.12 bits per heavy atom. The molecule has 1 N–H and O–H groups in total. The molecule has 0 saturated carbocycles. The Kier molecular flexibility index (Phi) is 4.33. The fourth-order valence-electron chi connectivity index (χ4n) is 3.55. The maximum atomic E-state index is 13.1. The van der Waals surface area contributed by atoms with E-state index in [0.717, 1.165) is 35.0 Å². The van der Waals surface area contributed by atoms with Gasteiger partial charge < -0.3 is 4.98 Å². The molecule has 2 heterocycles. The number of aryl methyl sites for hydroxylation is 2. The van der Waals surface area contributed by atoms with Crippen LogP contribution in [-0.2, 0) is 25.8 Å². The summed E-state index contributed by atoms with van der Waals surface area (Å²) in [7, 11) is 0. The molecule has 0 aliphatic heterocycles. The van der Waals surface area contributed by atoms with E-state index in [4.69, 9.17) is 12.2 Å². The molecule has 0 saturated heterocycles. The molecule has 0 unspecified atom stereocenters. The van der Waals surface area contributed by atoms with Crippen molar-refractivity contribution in [2.75, 3.05) is 0 Å². The Balaban J connectivity index is 1.73. The summed E-state index contributed by atoms with van der Waals surface area (Å²) >= 11 is 7.10. The van der Waals surface area contributed by atoms with E-state index in [2.05, 4.69) is 11.9 Å². The van der Waals surface area contributed by atoms with Gasteiger partial charge >= 0.3 is 0 Å². The van der Waals surface area contributed by atoms with Crippen molar-refractivity contribution in [3.05, 3.63) is 61.2 Å². The average Bonchev–Trinajstić information content (AvgIpc) is 2.93. The van der Waals surface area contributed by atoms with E-state index in [9.17, 15) is 9.18 Å². The van der Waals surface area contributed by atoms with Gasteiger partial charge in [0.2, 0.25) is 0 Å². The number of nitrogens with zero attached hydrogens (tertiary/aromatic N) is 1. The smallest absolute Gasteiger partial charge is 0.263 e. The summed E-state index contributed by atoms with van der Waals surface area (Å²) in [6, 6.07) is 6.38. The Morgan fingerprint density at radius 1 is 1.36 bits per heavy atom. The quantitative estimate of drug-likeness (QED) is 0.679. The molecule has 25 heavy (non-hydrogen) atoms. The first-order valence-corrected chi connectivity index (χ1v) is 9.77. The zero-order valence-corrected chi connectivity index (χ0v) is 15.6. The van der Waals surface area contributed by atoms with E-state index >= 15 is 0 Å². The van der Waals surface area contributed by atoms with Crippen LogP contribution < -0.4 is 5.56 Å². The number of halogens is 1. The number of rotatable bonds is 3. The third kappa shape index (κ3) is 3.09. The highest BCUT2D eigenvalue weighted by molar-refractivity contribution is 7.71. The minimum absolute atomic E-state index is 0.00733. The van der Waals surface area contributed by atoms with Crippen molar-refractivity contribution >= 4 is 33.8 Å². The maximum absolute atomic E-state index is 13.1. The van der Waals surface area contributed by atoms with Crippen LogP contribution >= 0.6 is 23.6 Å². The van der Waals surface area contributed by atoms with Crippen molar-refractivity contribution < 1.29 is 4.39 Å². The lowest BCUT2D eigenvalue weighted by Gasteiger charge is -2.17. The normalized spacial score (nSPS) is 17.0. The number of hydrogen-bond acceptors (Lipinski definition) is 3. The number of nitrogens with one attached hydrogen (secondary N) is 1. The van der Waals surface area contributed by atoms with Crippen LogP contribution in [0.2, 0.25) is 0 Å². The molecular weight excluding hydrogens is 355 g/mol. The third-order valence-electron chi connectivity index (χ3n) is 4.97. The second-order valence-corrected chi connectivity index (χ2v) is 8.31. The molecule has 3 nitrogen and oxygen atoms in total. The van der Waals surface area contributed by atoms with E-state index in [-0.39, 0.29) is 11.4 Å². The predicted molar refractivity (Wildman–Crippen MR) is 103 cm³/mol. The summed E-state index contributed by atoms with van der Waals surface area (Å²) in [5.74, 6) is 0.419. The maximum Gasteiger partial charge on any atom is 0.263 e. The van der Waals surface area contributed by atoms with Crippen LogP contribution in [0.5, 0.6) is 0 Å². The molecule has 0 fully saturated rings. The number of fused-ring (bicyclic) bond motifs is 3. The molecule has 3 aromatic rings. The minimum Gasteiger partial charge on any atom is -0.323 e. The fraction of sp³-hybridized carbons (Fsp3) is 0.368. The Hall–Kier alpha value is -1.79. The number of hydrogen-bond donors (Lipinski definition) is 1. The number of aromatic amines is 1. The summed E-state index contributed by atoms with van der Waals surface area (Å²) in [5, 5.41) is 0.819. The van der Waals surface area contributed by atoms with Gasteiger partial charge in [-0.3, -0.25) is 9.36 Å². The van der Waals surface area contributed by atoms with Crippen LogP contribution in [0.25, 0.3) is 10.2 Å². The van der Waals surface area contributed by atoms with Gasteiger partial charge in [0, 0.05) is 11.4 Å². The van der Waals surface area contributed by atoms with E-state index in [0.29, 0.717) is 23.7 Å². The zero-order chi connectivity index (χ0) is 17.6. The molecule has 2 aromatic heterocycles. The summed E-state index contributed by atoms with van der Waals surface area (Å²) in [5.41, 5.74) is 2.21. The summed E-state index contributed by atoms with van der Waals surface area (Å²) in [6.07, 6.45) is 3.79. The molecule has 1 aliphatic carbocycles. The monoisotopic (exact) mass is 374 g/mol. The van der Waals surface area contributed by atoms with Crippen molar-refractivity contribution in [2.45, 2.75) is 39.2 Å². The highest BCUT2D eigenvalue weighted by Gasteiger charge is 2.23.